The molecule has 1 fully saturated rings. The number of benzene rings is 1. The van der Waals surface area contributed by atoms with Gasteiger partial charge in [0, 0.05) is 32.1 Å². The minimum atomic E-state index is -0.160. The molecule has 20 heavy (non-hydrogen) atoms. The maximum absolute atomic E-state index is 12.3. The molecule has 0 aromatic heterocycles. The van der Waals surface area contributed by atoms with Crippen molar-refractivity contribution >= 4 is 6.09 Å². The average Bonchev–Trinajstić information content (AvgIpc) is 2.76. The summed E-state index contributed by atoms with van der Waals surface area (Å²) in [5, 5.41) is 0. The number of carbonyl (C=O) groups is 1. The van der Waals surface area contributed by atoms with Crippen LogP contribution in [0.3, 0.4) is 0 Å². The lowest BCUT2D eigenvalue weighted by Gasteiger charge is -2.29. The molecule has 2 unspecified atom stereocenters. The normalized spacial score (nSPS) is 26.4. The summed E-state index contributed by atoms with van der Waals surface area (Å²) in [6.07, 6.45) is 1.74. The van der Waals surface area contributed by atoms with Gasteiger partial charge < -0.3 is 9.64 Å². The highest BCUT2D eigenvalue weighted by atomic mass is 16.6. The first-order chi connectivity index (χ1) is 9.63. The van der Waals surface area contributed by atoms with Gasteiger partial charge in [-0.25, -0.2) is 4.79 Å². The third-order valence-electron chi connectivity index (χ3n) is 4.50. The van der Waals surface area contributed by atoms with Crippen LogP contribution in [0.2, 0.25) is 0 Å². The second kappa shape index (κ2) is 5.44. The summed E-state index contributed by atoms with van der Waals surface area (Å²) in [7, 11) is 2.08. The summed E-state index contributed by atoms with van der Waals surface area (Å²) in [4.78, 5) is 16.3. The second-order valence-electron chi connectivity index (χ2n) is 5.97. The molecular formula is C16H22N2O2. The van der Waals surface area contributed by atoms with E-state index in [1.807, 2.05) is 11.0 Å². The average molecular weight is 274 g/mol. The third kappa shape index (κ3) is 2.66. The minimum Gasteiger partial charge on any atom is -0.445 e. The molecule has 108 valence electrons. The molecule has 0 spiro atoms. The number of rotatable bonds is 1. The van der Waals surface area contributed by atoms with Gasteiger partial charge >= 0.3 is 6.09 Å². The van der Waals surface area contributed by atoms with Gasteiger partial charge in [0.1, 0.15) is 6.10 Å². The van der Waals surface area contributed by atoms with Gasteiger partial charge in [-0.2, -0.15) is 0 Å². The van der Waals surface area contributed by atoms with Gasteiger partial charge in [0.05, 0.1) is 0 Å². The number of fused-ring (bicyclic) bond motifs is 1. The summed E-state index contributed by atoms with van der Waals surface area (Å²) in [6, 6.07) is 8.82. The Morgan fingerprint density at radius 3 is 2.75 bits per heavy atom. The van der Waals surface area contributed by atoms with Crippen molar-refractivity contribution in [2.45, 2.75) is 38.5 Å². The molecule has 3 rings (SSSR count). The van der Waals surface area contributed by atoms with Crippen LogP contribution >= 0.6 is 0 Å². The van der Waals surface area contributed by atoms with E-state index in [4.69, 9.17) is 4.74 Å². The summed E-state index contributed by atoms with van der Waals surface area (Å²) in [5.74, 6) is 0. The molecule has 0 bridgehead atoms. The van der Waals surface area contributed by atoms with Crippen LogP contribution in [0.5, 0.6) is 0 Å². The predicted octanol–water partition coefficient (Wildman–Crippen LogP) is 2.27. The van der Waals surface area contributed by atoms with Crippen molar-refractivity contribution in [3.05, 3.63) is 35.4 Å². The third-order valence-corrected chi connectivity index (χ3v) is 4.50. The van der Waals surface area contributed by atoms with Crippen LogP contribution in [0, 0.1) is 0 Å². The molecule has 2 heterocycles. The number of carbonyl (C=O) groups excluding carboxylic acids is 1. The van der Waals surface area contributed by atoms with Gasteiger partial charge in [0.15, 0.2) is 0 Å². The van der Waals surface area contributed by atoms with Crippen molar-refractivity contribution in [1.82, 2.24) is 9.80 Å². The number of likely N-dealkylation sites (N-methyl/N-ethyl adjacent to an activating group) is 1. The second-order valence-corrected chi connectivity index (χ2v) is 5.97. The summed E-state index contributed by atoms with van der Waals surface area (Å²) in [6.45, 7) is 4.45. The smallest absolute Gasteiger partial charge is 0.410 e. The Morgan fingerprint density at radius 1 is 1.30 bits per heavy atom. The molecule has 0 N–H and O–H groups in total. The standard InChI is InChI=1S/C16H22N2O2/c1-12-9-15(11-17(12)2)20-16(19)18-8-7-13-5-3-4-6-14(13)10-18/h3-6,12,15H,7-11H2,1-2H3. The largest absolute Gasteiger partial charge is 0.445 e. The molecule has 4 nitrogen and oxygen atoms in total. The van der Waals surface area contributed by atoms with Gasteiger partial charge in [0.25, 0.3) is 0 Å². The maximum Gasteiger partial charge on any atom is 0.410 e. The molecule has 1 aromatic carbocycles. The van der Waals surface area contributed by atoms with E-state index in [1.165, 1.54) is 11.1 Å². The Kier molecular flexibility index (Phi) is 3.66. The number of likely N-dealkylation sites (tertiary alicyclic amines) is 1. The van der Waals surface area contributed by atoms with E-state index in [0.717, 1.165) is 25.9 Å². The van der Waals surface area contributed by atoms with Gasteiger partial charge in [-0.15, -0.1) is 0 Å². The Balaban J connectivity index is 1.59. The number of ether oxygens (including phenoxy) is 1. The Hall–Kier alpha value is -1.55. The SMILES string of the molecule is CC1CC(OC(=O)N2CCc3ccccc3C2)CN1C. The van der Waals surface area contributed by atoms with Crippen LogP contribution in [-0.4, -0.2) is 48.2 Å². The first-order valence-corrected chi connectivity index (χ1v) is 7.36. The molecule has 0 aliphatic carbocycles. The first kappa shape index (κ1) is 13.4. The fourth-order valence-corrected chi connectivity index (χ4v) is 3.09. The van der Waals surface area contributed by atoms with Crippen molar-refractivity contribution < 1.29 is 9.53 Å². The fraction of sp³-hybridized carbons (Fsp3) is 0.562. The maximum atomic E-state index is 12.3. The Morgan fingerprint density at radius 2 is 2.05 bits per heavy atom. The van der Waals surface area contributed by atoms with Crippen LogP contribution < -0.4 is 0 Å². The van der Waals surface area contributed by atoms with Crippen LogP contribution in [0.25, 0.3) is 0 Å². The highest BCUT2D eigenvalue weighted by Gasteiger charge is 2.31. The summed E-state index contributed by atoms with van der Waals surface area (Å²) < 4.78 is 5.65. The number of hydrogen-bond donors (Lipinski definition) is 0. The number of amides is 1. The first-order valence-electron chi connectivity index (χ1n) is 7.36. The van der Waals surface area contributed by atoms with E-state index in [0.29, 0.717) is 12.6 Å². The summed E-state index contributed by atoms with van der Waals surface area (Å²) in [5.41, 5.74) is 2.60. The van der Waals surface area contributed by atoms with Crippen LogP contribution in [0.1, 0.15) is 24.5 Å². The monoisotopic (exact) mass is 274 g/mol. The van der Waals surface area contributed by atoms with Gasteiger partial charge in [0.2, 0.25) is 0 Å². The summed E-state index contributed by atoms with van der Waals surface area (Å²) >= 11 is 0. The van der Waals surface area contributed by atoms with Gasteiger partial charge in [-0.3, -0.25) is 4.90 Å². The van der Waals surface area contributed by atoms with E-state index in [9.17, 15) is 4.79 Å². The van der Waals surface area contributed by atoms with Crippen LogP contribution in [-0.2, 0) is 17.7 Å². The Labute approximate surface area is 120 Å². The van der Waals surface area contributed by atoms with Crippen molar-refractivity contribution in [3.8, 4) is 0 Å². The van der Waals surface area contributed by atoms with E-state index >= 15 is 0 Å². The number of nitrogens with zero attached hydrogens (tertiary/aromatic N) is 2. The van der Waals surface area contributed by atoms with E-state index in [-0.39, 0.29) is 12.2 Å². The van der Waals surface area contributed by atoms with Gasteiger partial charge in [-0.05, 0) is 31.5 Å². The molecule has 1 saturated heterocycles. The van der Waals surface area contributed by atoms with Crippen molar-refractivity contribution in [1.29, 1.82) is 0 Å². The zero-order valence-corrected chi connectivity index (χ0v) is 12.2. The molecule has 2 aliphatic heterocycles. The van der Waals surface area contributed by atoms with Crippen molar-refractivity contribution in [2.24, 2.45) is 0 Å². The highest BCUT2D eigenvalue weighted by molar-refractivity contribution is 5.68. The Bertz CT molecular complexity index is 493. The zero-order valence-electron chi connectivity index (χ0n) is 12.2. The number of hydrogen-bond acceptors (Lipinski definition) is 3. The molecule has 1 amide bonds. The lowest BCUT2D eigenvalue weighted by molar-refractivity contribution is 0.0632. The van der Waals surface area contributed by atoms with E-state index < -0.39 is 0 Å². The lowest BCUT2D eigenvalue weighted by atomic mass is 10.0. The van der Waals surface area contributed by atoms with Crippen LogP contribution in [0.4, 0.5) is 4.79 Å². The van der Waals surface area contributed by atoms with Crippen molar-refractivity contribution in [3.63, 3.8) is 0 Å². The fourth-order valence-electron chi connectivity index (χ4n) is 3.09. The minimum absolute atomic E-state index is 0.0414. The topological polar surface area (TPSA) is 32.8 Å². The molecular weight excluding hydrogens is 252 g/mol. The lowest BCUT2D eigenvalue weighted by Crippen LogP contribution is -2.38. The van der Waals surface area contributed by atoms with Crippen LogP contribution in [0.15, 0.2) is 24.3 Å². The van der Waals surface area contributed by atoms with E-state index in [2.05, 4.69) is 37.1 Å². The quantitative estimate of drug-likeness (QED) is 0.787. The zero-order chi connectivity index (χ0) is 14.1. The predicted molar refractivity (Wildman–Crippen MR) is 77.5 cm³/mol. The molecule has 4 heteroatoms. The van der Waals surface area contributed by atoms with Gasteiger partial charge in [-0.1, -0.05) is 24.3 Å². The molecule has 0 saturated carbocycles. The molecule has 0 radical (unpaired) electrons. The highest BCUT2D eigenvalue weighted by Crippen LogP contribution is 2.22. The molecule has 2 aliphatic rings. The molecule has 2 atom stereocenters. The van der Waals surface area contributed by atoms with E-state index in [1.54, 1.807) is 0 Å². The van der Waals surface area contributed by atoms with Crippen molar-refractivity contribution in [2.75, 3.05) is 20.1 Å². The molecule has 1 aromatic rings.